The van der Waals surface area contributed by atoms with Crippen LogP contribution in [0.2, 0.25) is 0 Å². The fourth-order valence-electron chi connectivity index (χ4n) is 1.91. The Morgan fingerprint density at radius 2 is 1.62 bits per heavy atom. The molecule has 0 bridgehead atoms. The third-order valence-corrected chi connectivity index (χ3v) is 2.97. The van der Waals surface area contributed by atoms with E-state index in [9.17, 15) is 14.4 Å². The van der Waals surface area contributed by atoms with Crippen LogP contribution >= 0.6 is 0 Å². The van der Waals surface area contributed by atoms with E-state index in [1.807, 2.05) is 23.5 Å². The second-order valence-electron chi connectivity index (χ2n) is 4.75. The summed E-state index contributed by atoms with van der Waals surface area (Å²) >= 11 is 0. The van der Waals surface area contributed by atoms with Crippen LogP contribution in [0, 0.1) is 0 Å². The maximum atomic E-state index is 12.1. The molecule has 0 spiro atoms. The lowest BCUT2D eigenvalue weighted by Crippen LogP contribution is -2.37. The van der Waals surface area contributed by atoms with Gasteiger partial charge in [-0.3, -0.25) is 10.1 Å². The zero-order valence-electron chi connectivity index (χ0n) is 12.7. The van der Waals surface area contributed by atoms with Gasteiger partial charge in [0.05, 0.1) is 5.56 Å². The van der Waals surface area contributed by atoms with Gasteiger partial charge in [-0.25, -0.2) is 9.59 Å². The molecule has 0 atom stereocenters. The molecule has 0 aliphatic rings. The number of rotatable bonds is 6. The molecule has 2 rings (SSSR count). The normalized spacial score (nSPS) is 9.83. The molecule has 24 heavy (non-hydrogen) atoms. The van der Waals surface area contributed by atoms with Crippen LogP contribution in [0.3, 0.4) is 0 Å². The van der Waals surface area contributed by atoms with E-state index in [4.69, 9.17) is 15.2 Å². The number of ether oxygens (including phenoxy) is 2. The number of benzene rings is 2. The summed E-state index contributed by atoms with van der Waals surface area (Å²) in [4.78, 5) is 33.9. The first kappa shape index (κ1) is 17.0. The Bertz CT molecular complexity index is 731. The second kappa shape index (κ2) is 8.33. The molecule has 0 unspecified atom stereocenters. The SMILES string of the molecule is NC(=O)NC(=O)COC(=O)c1ccccc1COc1ccccc1. The molecule has 7 heteroatoms. The highest BCUT2D eigenvalue weighted by molar-refractivity contribution is 5.96. The number of nitrogens with two attached hydrogens (primary N) is 1. The van der Waals surface area contributed by atoms with Crippen LogP contribution in [-0.2, 0) is 16.1 Å². The summed E-state index contributed by atoms with van der Waals surface area (Å²) in [7, 11) is 0. The van der Waals surface area contributed by atoms with Gasteiger partial charge in [0.25, 0.3) is 5.91 Å². The highest BCUT2D eigenvalue weighted by atomic mass is 16.5. The van der Waals surface area contributed by atoms with Gasteiger partial charge in [-0.15, -0.1) is 0 Å². The number of carbonyl (C=O) groups excluding carboxylic acids is 3. The van der Waals surface area contributed by atoms with E-state index in [2.05, 4.69) is 0 Å². The summed E-state index contributed by atoms with van der Waals surface area (Å²) in [6.45, 7) is -0.432. The largest absolute Gasteiger partial charge is 0.489 e. The minimum atomic E-state index is -1.01. The van der Waals surface area contributed by atoms with Crippen LogP contribution in [0.15, 0.2) is 54.6 Å². The number of para-hydroxylation sites is 1. The lowest BCUT2D eigenvalue weighted by atomic mass is 10.1. The van der Waals surface area contributed by atoms with Crippen molar-refractivity contribution in [2.24, 2.45) is 5.73 Å². The lowest BCUT2D eigenvalue weighted by molar-refractivity contribution is -0.123. The van der Waals surface area contributed by atoms with E-state index in [0.717, 1.165) is 0 Å². The number of hydrogen-bond donors (Lipinski definition) is 2. The Balaban J connectivity index is 1.98. The summed E-state index contributed by atoms with van der Waals surface area (Å²) in [6.07, 6.45) is 0. The number of amides is 3. The predicted octanol–water partition coefficient (Wildman–Crippen LogP) is 1.62. The van der Waals surface area contributed by atoms with Crippen LogP contribution in [0.25, 0.3) is 0 Å². The van der Waals surface area contributed by atoms with Gasteiger partial charge in [0.1, 0.15) is 12.4 Å². The van der Waals surface area contributed by atoms with E-state index < -0.39 is 24.5 Å². The first-order valence-corrected chi connectivity index (χ1v) is 7.08. The smallest absolute Gasteiger partial charge is 0.339 e. The number of hydrogen-bond acceptors (Lipinski definition) is 5. The molecule has 3 amide bonds. The Kier molecular flexibility index (Phi) is 5.90. The molecule has 0 saturated carbocycles. The summed E-state index contributed by atoms with van der Waals surface area (Å²) in [5.41, 5.74) is 5.69. The van der Waals surface area contributed by atoms with Crippen molar-refractivity contribution >= 4 is 17.9 Å². The van der Waals surface area contributed by atoms with Crippen molar-refractivity contribution in [3.05, 3.63) is 65.7 Å². The van der Waals surface area contributed by atoms with E-state index in [0.29, 0.717) is 11.3 Å². The van der Waals surface area contributed by atoms with Gasteiger partial charge in [0.2, 0.25) is 0 Å². The monoisotopic (exact) mass is 328 g/mol. The molecular weight excluding hydrogens is 312 g/mol. The van der Waals surface area contributed by atoms with Crippen molar-refractivity contribution in [1.29, 1.82) is 0 Å². The van der Waals surface area contributed by atoms with Gasteiger partial charge in [-0.1, -0.05) is 36.4 Å². The zero-order chi connectivity index (χ0) is 17.4. The summed E-state index contributed by atoms with van der Waals surface area (Å²) in [5.74, 6) is -0.822. The molecular formula is C17H16N2O5. The van der Waals surface area contributed by atoms with E-state index in [1.54, 1.807) is 36.4 Å². The molecule has 124 valence electrons. The molecule has 3 N–H and O–H groups in total. The van der Waals surface area contributed by atoms with Gasteiger partial charge in [0, 0.05) is 5.56 Å². The molecule has 0 heterocycles. The second-order valence-corrected chi connectivity index (χ2v) is 4.75. The third-order valence-electron chi connectivity index (χ3n) is 2.97. The molecule has 0 aromatic heterocycles. The van der Waals surface area contributed by atoms with E-state index in [-0.39, 0.29) is 12.2 Å². The van der Waals surface area contributed by atoms with Gasteiger partial charge in [0.15, 0.2) is 6.61 Å². The topological polar surface area (TPSA) is 108 Å². The number of esters is 1. The first-order valence-electron chi connectivity index (χ1n) is 7.08. The van der Waals surface area contributed by atoms with E-state index >= 15 is 0 Å². The predicted molar refractivity (Wildman–Crippen MR) is 85.2 cm³/mol. The average Bonchev–Trinajstić information content (AvgIpc) is 2.58. The molecule has 0 aliphatic heterocycles. The van der Waals surface area contributed by atoms with E-state index in [1.165, 1.54) is 0 Å². The van der Waals surface area contributed by atoms with Gasteiger partial charge >= 0.3 is 12.0 Å². The van der Waals surface area contributed by atoms with Crippen LogP contribution < -0.4 is 15.8 Å². The fourth-order valence-corrected chi connectivity index (χ4v) is 1.91. The van der Waals surface area contributed by atoms with Crippen molar-refractivity contribution in [2.45, 2.75) is 6.61 Å². The van der Waals surface area contributed by atoms with Crippen molar-refractivity contribution in [3.63, 3.8) is 0 Å². The lowest BCUT2D eigenvalue weighted by Gasteiger charge is -2.10. The molecule has 0 aliphatic carbocycles. The molecule has 2 aromatic carbocycles. The maximum Gasteiger partial charge on any atom is 0.339 e. The van der Waals surface area contributed by atoms with Crippen molar-refractivity contribution in [2.75, 3.05) is 6.61 Å². The minimum absolute atomic E-state index is 0.169. The molecule has 0 radical (unpaired) electrons. The number of carbonyl (C=O) groups is 3. The summed E-state index contributed by atoms with van der Waals surface area (Å²) in [5, 5.41) is 1.81. The first-order chi connectivity index (χ1) is 11.6. The van der Waals surface area contributed by atoms with Crippen molar-refractivity contribution in [1.82, 2.24) is 5.32 Å². The Morgan fingerprint density at radius 1 is 0.958 bits per heavy atom. The molecule has 0 saturated heterocycles. The van der Waals surface area contributed by atoms with Crippen LogP contribution in [-0.4, -0.2) is 24.5 Å². The van der Waals surface area contributed by atoms with Crippen LogP contribution in [0.5, 0.6) is 5.75 Å². The molecule has 0 fully saturated rings. The van der Waals surface area contributed by atoms with Gasteiger partial charge in [-0.2, -0.15) is 0 Å². The standard InChI is InChI=1S/C17H16N2O5/c18-17(22)19-15(20)11-24-16(21)14-9-5-4-6-12(14)10-23-13-7-2-1-3-8-13/h1-9H,10-11H2,(H3,18,19,20,22). The van der Waals surface area contributed by atoms with Crippen LogP contribution in [0.4, 0.5) is 4.79 Å². The Labute approximate surface area is 138 Å². The fraction of sp³-hybridized carbons (Fsp3) is 0.118. The molecule has 2 aromatic rings. The third kappa shape index (κ3) is 5.13. The maximum absolute atomic E-state index is 12.1. The highest BCUT2D eigenvalue weighted by Crippen LogP contribution is 2.15. The number of primary amides is 1. The molecule has 7 nitrogen and oxygen atoms in total. The van der Waals surface area contributed by atoms with Crippen molar-refractivity contribution < 1.29 is 23.9 Å². The average molecular weight is 328 g/mol. The number of nitrogens with one attached hydrogen (secondary N) is 1. The summed E-state index contributed by atoms with van der Waals surface area (Å²) < 4.78 is 10.5. The quantitative estimate of drug-likeness (QED) is 0.783. The van der Waals surface area contributed by atoms with Gasteiger partial charge < -0.3 is 15.2 Å². The van der Waals surface area contributed by atoms with Crippen molar-refractivity contribution in [3.8, 4) is 5.75 Å². The minimum Gasteiger partial charge on any atom is -0.489 e. The highest BCUT2D eigenvalue weighted by Gasteiger charge is 2.15. The van der Waals surface area contributed by atoms with Gasteiger partial charge in [-0.05, 0) is 18.2 Å². The number of imide groups is 1. The Hall–Kier alpha value is -3.35. The zero-order valence-corrected chi connectivity index (χ0v) is 12.7. The van der Waals surface area contributed by atoms with Crippen LogP contribution in [0.1, 0.15) is 15.9 Å². The Morgan fingerprint density at radius 3 is 2.33 bits per heavy atom. The summed E-state index contributed by atoms with van der Waals surface area (Å²) in [6, 6.07) is 14.9. The number of urea groups is 1.